The molecule has 194 valence electrons. The third-order valence-electron chi connectivity index (χ3n) is 6.19. The molecular weight excluding hydrogens is 506 g/mol. The molecule has 1 amide bonds. The molecule has 0 aliphatic carbocycles. The molecule has 2 aromatic carbocycles. The van der Waals surface area contributed by atoms with Crippen molar-refractivity contribution in [2.75, 3.05) is 30.3 Å². The highest BCUT2D eigenvalue weighted by atomic mass is 35.5. The van der Waals surface area contributed by atoms with Gasteiger partial charge in [-0.15, -0.1) is 0 Å². The summed E-state index contributed by atoms with van der Waals surface area (Å²) in [7, 11) is 0. The molecule has 0 N–H and O–H groups in total. The number of benzene rings is 2. The van der Waals surface area contributed by atoms with Crippen molar-refractivity contribution in [3.63, 3.8) is 0 Å². The van der Waals surface area contributed by atoms with Crippen LogP contribution in [0.4, 0.5) is 11.4 Å². The Labute approximate surface area is 218 Å². The van der Waals surface area contributed by atoms with Crippen LogP contribution in [0.15, 0.2) is 47.4 Å². The lowest BCUT2D eigenvalue weighted by molar-refractivity contribution is -0.387. The number of esters is 1. The number of nitrogens with zero attached hydrogens (tertiary/aromatic N) is 3. The molecule has 0 radical (unpaired) electrons. The number of carbonyl (C=O) groups is 2. The number of hydrogen-bond acceptors (Lipinski definition) is 7. The number of nitro benzene ring substituents is 1. The molecule has 1 saturated heterocycles. The second kappa shape index (κ2) is 11.5. The number of anilines is 1. The maximum Gasteiger partial charge on any atom is 0.357 e. The summed E-state index contributed by atoms with van der Waals surface area (Å²) in [5, 5.41) is 12.4. The normalized spacial score (nSPS) is 17.0. The molecule has 0 aromatic heterocycles. The van der Waals surface area contributed by atoms with Crippen molar-refractivity contribution in [1.29, 1.82) is 0 Å². The first-order valence-corrected chi connectivity index (χ1v) is 13.3. The van der Waals surface area contributed by atoms with Gasteiger partial charge < -0.3 is 19.1 Å². The van der Waals surface area contributed by atoms with Gasteiger partial charge in [-0.1, -0.05) is 24.6 Å². The number of halogens is 1. The molecule has 11 heteroatoms. The summed E-state index contributed by atoms with van der Waals surface area (Å²) in [5.74, 6) is -1.57. The summed E-state index contributed by atoms with van der Waals surface area (Å²) in [4.78, 5) is 40.1. The lowest BCUT2D eigenvalue weighted by Crippen LogP contribution is -2.53. The lowest BCUT2D eigenvalue weighted by atomic mass is 10.1. The van der Waals surface area contributed by atoms with Crippen LogP contribution in [0.25, 0.3) is 0 Å². The Morgan fingerprint density at radius 3 is 2.56 bits per heavy atom. The molecule has 1 unspecified atom stereocenters. The van der Waals surface area contributed by atoms with E-state index in [1.165, 1.54) is 12.1 Å². The third-order valence-corrected chi connectivity index (χ3v) is 7.76. The van der Waals surface area contributed by atoms with E-state index in [0.717, 1.165) is 11.8 Å². The van der Waals surface area contributed by atoms with Crippen molar-refractivity contribution in [2.45, 2.75) is 50.7 Å². The van der Waals surface area contributed by atoms with E-state index in [2.05, 4.69) is 4.90 Å². The van der Waals surface area contributed by atoms with Gasteiger partial charge in [-0.2, -0.15) is 0 Å². The Kier molecular flexibility index (Phi) is 8.86. The summed E-state index contributed by atoms with van der Waals surface area (Å²) in [6.45, 7) is 8.73. The number of carbonyl (C=O) groups excluding carboxylic acids is 2. The van der Waals surface area contributed by atoms with Gasteiger partial charge in [0.05, 0.1) is 4.92 Å². The fourth-order valence-corrected chi connectivity index (χ4v) is 5.14. The van der Waals surface area contributed by atoms with Gasteiger partial charge in [0.2, 0.25) is 10.6 Å². The van der Waals surface area contributed by atoms with Crippen molar-refractivity contribution in [3.05, 3.63) is 63.2 Å². The molecule has 2 aromatic rings. The minimum atomic E-state index is -2.00. The lowest BCUT2D eigenvalue weighted by Gasteiger charge is -2.41. The van der Waals surface area contributed by atoms with Crippen LogP contribution in [-0.2, 0) is 20.7 Å². The van der Waals surface area contributed by atoms with Crippen LogP contribution in [0.1, 0.15) is 44.5 Å². The van der Waals surface area contributed by atoms with Crippen LogP contribution in [0.3, 0.4) is 0 Å². The van der Waals surface area contributed by atoms with Crippen LogP contribution < -0.4 is 4.90 Å². The first kappa shape index (κ1) is 27.8. The van der Waals surface area contributed by atoms with E-state index in [4.69, 9.17) is 16.3 Å². The Hall–Kier alpha value is -2.82. The summed E-state index contributed by atoms with van der Waals surface area (Å²) in [6.07, 6.45) is 0.564. The Balaban J connectivity index is 1.73. The molecular formula is C25H30ClN3O6S. The van der Waals surface area contributed by atoms with Crippen LogP contribution in [0.5, 0.6) is 0 Å². The van der Waals surface area contributed by atoms with Crippen molar-refractivity contribution >= 4 is 46.0 Å². The number of hydrogen-bond donors (Lipinski definition) is 0. The van der Waals surface area contributed by atoms with Crippen LogP contribution >= 0.6 is 11.6 Å². The van der Waals surface area contributed by atoms with Gasteiger partial charge in [-0.05, 0) is 51.5 Å². The third kappa shape index (κ3) is 6.68. The molecule has 1 aliphatic heterocycles. The molecule has 0 saturated carbocycles. The van der Waals surface area contributed by atoms with Crippen LogP contribution in [-0.4, -0.2) is 63.3 Å². The first-order valence-electron chi connectivity index (χ1n) is 11.6. The summed E-state index contributed by atoms with van der Waals surface area (Å²) < 4.78 is 18.1. The second-order valence-corrected chi connectivity index (χ2v) is 11.1. The highest BCUT2D eigenvalue weighted by Gasteiger charge is 2.33. The van der Waals surface area contributed by atoms with Crippen LogP contribution in [0.2, 0.25) is 5.02 Å². The zero-order valence-electron chi connectivity index (χ0n) is 20.7. The monoisotopic (exact) mass is 535 g/mol. The van der Waals surface area contributed by atoms with E-state index in [0.29, 0.717) is 31.1 Å². The topological polar surface area (TPSA) is 116 Å². The molecule has 3 rings (SSSR count). The number of nitro groups is 1. The van der Waals surface area contributed by atoms with E-state index in [9.17, 15) is 24.3 Å². The predicted octanol–water partition coefficient (Wildman–Crippen LogP) is 4.44. The summed E-state index contributed by atoms with van der Waals surface area (Å²) in [5.41, 5.74) is -0.101. The number of ether oxygens (including phenoxy) is 1. The van der Waals surface area contributed by atoms with Gasteiger partial charge in [0.15, 0.2) is 0 Å². The fraction of sp³-hybridized carbons (Fsp3) is 0.440. The minimum absolute atomic E-state index is 0.00122. The van der Waals surface area contributed by atoms with Crippen LogP contribution in [0, 0.1) is 10.1 Å². The van der Waals surface area contributed by atoms with Crippen molar-refractivity contribution in [1.82, 2.24) is 4.90 Å². The summed E-state index contributed by atoms with van der Waals surface area (Å²) in [6, 6.07) is 11.3. The van der Waals surface area contributed by atoms with Gasteiger partial charge >= 0.3 is 11.7 Å². The van der Waals surface area contributed by atoms with E-state index >= 15 is 0 Å². The standard InChI is InChI=1S/C25H30ClN3O6S/c1-5-25(3,4)35-23(30)16-36(34)22-10-9-18(13-21(22)29(32)33)24(31)27-11-12-28(17(2)15-27)20-8-6-7-19(26)14-20/h6-10,13-14,17H,5,11-12,15-16H2,1-4H3/t17-,36?/m1/s1. The molecule has 9 nitrogen and oxygen atoms in total. The second-order valence-electron chi connectivity index (χ2n) is 9.29. The Bertz CT molecular complexity index is 1140. The average Bonchev–Trinajstić information content (AvgIpc) is 2.82. The predicted molar refractivity (Wildman–Crippen MR) is 139 cm³/mol. The van der Waals surface area contributed by atoms with E-state index in [1.807, 2.05) is 32.0 Å². The number of piperazine rings is 1. The molecule has 2 atom stereocenters. The van der Waals surface area contributed by atoms with E-state index < -0.39 is 39.1 Å². The SMILES string of the molecule is CCC(C)(C)OC(=O)C[S+]([O-])c1ccc(C(=O)N2CCN(c3cccc(Cl)c3)[C@H](C)C2)cc1[N+](=O)[O-]. The highest BCUT2D eigenvalue weighted by molar-refractivity contribution is 7.92. The molecule has 0 spiro atoms. The maximum absolute atomic E-state index is 13.2. The van der Waals surface area contributed by atoms with Gasteiger partial charge in [0, 0.05) is 65.3 Å². The molecule has 1 heterocycles. The molecule has 1 fully saturated rings. The first-order chi connectivity index (χ1) is 16.9. The Morgan fingerprint density at radius 2 is 1.94 bits per heavy atom. The number of rotatable bonds is 8. The van der Waals surface area contributed by atoms with Gasteiger partial charge in [-0.25, -0.2) is 4.79 Å². The zero-order chi connectivity index (χ0) is 26.6. The van der Waals surface area contributed by atoms with Crippen molar-refractivity contribution in [2.24, 2.45) is 0 Å². The highest BCUT2D eigenvalue weighted by Crippen LogP contribution is 2.29. The summed E-state index contributed by atoms with van der Waals surface area (Å²) >= 11 is 4.11. The largest absolute Gasteiger partial charge is 0.611 e. The quantitative estimate of drug-likeness (QED) is 0.212. The van der Waals surface area contributed by atoms with E-state index in [1.54, 1.807) is 24.8 Å². The smallest absolute Gasteiger partial charge is 0.357 e. The fourth-order valence-electron chi connectivity index (χ4n) is 3.94. The van der Waals surface area contributed by atoms with Gasteiger partial charge in [-0.3, -0.25) is 14.9 Å². The van der Waals surface area contributed by atoms with Gasteiger partial charge in [0.25, 0.3) is 5.91 Å². The molecule has 1 aliphatic rings. The molecule has 0 bridgehead atoms. The average molecular weight is 536 g/mol. The van der Waals surface area contributed by atoms with Crippen molar-refractivity contribution in [3.8, 4) is 0 Å². The maximum atomic E-state index is 13.2. The minimum Gasteiger partial charge on any atom is -0.611 e. The van der Waals surface area contributed by atoms with Gasteiger partial charge in [0.1, 0.15) is 5.60 Å². The Morgan fingerprint density at radius 1 is 1.22 bits per heavy atom. The van der Waals surface area contributed by atoms with E-state index in [-0.39, 0.29) is 22.4 Å². The number of amides is 1. The zero-order valence-corrected chi connectivity index (χ0v) is 22.3. The van der Waals surface area contributed by atoms with Crippen molar-refractivity contribution < 1.29 is 23.8 Å². The molecule has 36 heavy (non-hydrogen) atoms.